The van der Waals surface area contributed by atoms with Gasteiger partial charge in [0.25, 0.3) is 5.60 Å². The van der Waals surface area contributed by atoms with E-state index in [1.807, 2.05) is 0 Å². The van der Waals surface area contributed by atoms with Gasteiger partial charge in [-0.15, -0.1) is 6.58 Å². The summed E-state index contributed by atoms with van der Waals surface area (Å²) in [4.78, 5) is 0. The zero-order valence-electron chi connectivity index (χ0n) is 8.21. The van der Waals surface area contributed by atoms with E-state index in [4.69, 9.17) is 5.11 Å². The van der Waals surface area contributed by atoms with E-state index in [0.29, 0.717) is 0 Å². The van der Waals surface area contributed by atoms with E-state index in [1.165, 1.54) is 0 Å². The van der Waals surface area contributed by atoms with Gasteiger partial charge in [0.2, 0.25) is 5.83 Å². The normalized spacial score (nSPS) is 17.9. The van der Waals surface area contributed by atoms with E-state index in [-0.39, 0.29) is 0 Å². The Morgan fingerprint density at radius 1 is 1.06 bits per heavy atom. The highest BCUT2D eigenvalue weighted by Crippen LogP contribution is 2.50. The van der Waals surface area contributed by atoms with Crippen LogP contribution in [0.5, 0.6) is 0 Å². The number of rotatable bonds is 4. The lowest BCUT2D eigenvalue weighted by Crippen LogP contribution is -2.64. The molecule has 18 heavy (non-hydrogen) atoms. The molecule has 2 atom stereocenters. The predicted molar refractivity (Wildman–Crippen MR) is 41.4 cm³/mol. The molecule has 0 saturated carbocycles. The summed E-state index contributed by atoms with van der Waals surface area (Å²) in [5.74, 6) is -10.1. The van der Waals surface area contributed by atoms with Gasteiger partial charge >= 0.3 is 18.2 Å². The lowest BCUT2D eigenvalue weighted by Gasteiger charge is -2.36. The molecule has 0 aromatic rings. The minimum absolute atomic E-state index is 0.412. The Bertz CT molecular complexity index is 354. The van der Waals surface area contributed by atoms with Gasteiger partial charge in [-0.3, -0.25) is 0 Å². The summed E-state index contributed by atoms with van der Waals surface area (Å²) in [6.07, 6.45) is -14.6. The molecule has 0 spiro atoms. The zero-order chi connectivity index (χ0) is 14.9. The van der Waals surface area contributed by atoms with Crippen LogP contribution in [0.25, 0.3) is 0 Å². The van der Waals surface area contributed by atoms with E-state index in [2.05, 4.69) is 6.58 Å². The molecule has 0 aliphatic rings. The molecule has 106 valence electrons. The Labute approximate surface area is 94.2 Å². The number of hydrogen-bond donors (Lipinski definition) is 1. The highest BCUT2D eigenvalue weighted by molar-refractivity contribution is 5.21. The standard InChI is InChI=1S/C8H5F9O/c1-2-3(9)6(18,8(15,16)17)7(13,14)4(10)5(11)12/h2-3,18H,1H2. The van der Waals surface area contributed by atoms with E-state index in [1.54, 1.807) is 0 Å². The molecule has 0 aliphatic heterocycles. The van der Waals surface area contributed by atoms with Gasteiger partial charge in [-0.2, -0.15) is 35.1 Å². The predicted octanol–water partition coefficient (Wildman–Crippen LogP) is 3.52. The third kappa shape index (κ3) is 2.33. The van der Waals surface area contributed by atoms with E-state index >= 15 is 0 Å². The minimum Gasteiger partial charge on any atom is -0.373 e. The molecular formula is C8H5F9O. The van der Waals surface area contributed by atoms with Crippen LogP contribution in [0.1, 0.15) is 0 Å². The van der Waals surface area contributed by atoms with Crippen molar-refractivity contribution in [3.05, 3.63) is 24.6 Å². The number of alkyl halides is 6. The number of hydrogen-bond acceptors (Lipinski definition) is 1. The van der Waals surface area contributed by atoms with Crippen molar-refractivity contribution in [2.45, 2.75) is 23.9 Å². The molecule has 0 heterocycles. The molecule has 0 aromatic heterocycles. The average molecular weight is 288 g/mol. The Morgan fingerprint density at radius 2 is 1.44 bits per heavy atom. The Balaban J connectivity index is 6.08. The first-order valence-corrected chi connectivity index (χ1v) is 3.98. The lowest BCUT2D eigenvalue weighted by molar-refractivity contribution is -0.339. The van der Waals surface area contributed by atoms with Crippen molar-refractivity contribution < 1.29 is 44.6 Å². The molecule has 1 N–H and O–H groups in total. The SMILES string of the molecule is C=CC(F)C(O)(C(F)(F)F)C(F)(F)C(F)=C(F)F. The Morgan fingerprint density at radius 3 is 1.67 bits per heavy atom. The fraction of sp³-hybridized carbons (Fsp3) is 0.500. The molecular weight excluding hydrogens is 283 g/mol. The van der Waals surface area contributed by atoms with E-state index < -0.39 is 41.9 Å². The molecule has 0 aliphatic carbocycles. The van der Waals surface area contributed by atoms with Crippen LogP contribution in [0.2, 0.25) is 0 Å². The van der Waals surface area contributed by atoms with Gasteiger partial charge in [-0.1, -0.05) is 6.08 Å². The minimum atomic E-state index is -6.42. The largest absolute Gasteiger partial charge is 0.426 e. The van der Waals surface area contributed by atoms with Gasteiger partial charge in [0, 0.05) is 0 Å². The Kier molecular flexibility index (Phi) is 4.51. The fourth-order valence-electron chi connectivity index (χ4n) is 0.964. The van der Waals surface area contributed by atoms with Crippen molar-refractivity contribution in [1.82, 2.24) is 0 Å². The topological polar surface area (TPSA) is 20.2 Å². The second-order valence-electron chi connectivity index (χ2n) is 3.05. The average Bonchev–Trinajstić information content (AvgIpc) is 2.23. The van der Waals surface area contributed by atoms with Crippen molar-refractivity contribution in [1.29, 1.82) is 0 Å². The molecule has 0 amide bonds. The molecule has 0 radical (unpaired) electrons. The van der Waals surface area contributed by atoms with Crippen molar-refractivity contribution in [2.24, 2.45) is 0 Å². The van der Waals surface area contributed by atoms with Gasteiger partial charge in [0.05, 0.1) is 0 Å². The molecule has 10 heteroatoms. The maximum absolute atomic E-state index is 12.9. The fourth-order valence-corrected chi connectivity index (χ4v) is 0.964. The molecule has 0 rings (SSSR count). The molecule has 0 bridgehead atoms. The summed E-state index contributed by atoms with van der Waals surface area (Å²) in [6, 6.07) is 0. The third-order valence-corrected chi connectivity index (χ3v) is 1.96. The second-order valence-corrected chi connectivity index (χ2v) is 3.05. The van der Waals surface area contributed by atoms with Crippen LogP contribution in [0.3, 0.4) is 0 Å². The van der Waals surface area contributed by atoms with E-state index in [0.717, 1.165) is 0 Å². The summed E-state index contributed by atoms with van der Waals surface area (Å²) in [5, 5.41) is 8.63. The monoisotopic (exact) mass is 288 g/mol. The second kappa shape index (κ2) is 4.82. The van der Waals surface area contributed by atoms with Crippen LogP contribution in [0.15, 0.2) is 24.6 Å². The highest BCUT2D eigenvalue weighted by Gasteiger charge is 2.75. The molecule has 0 saturated heterocycles. The smallest absolute Gasteiger partial charge is 0.373 e. The van der Waals surface area contributed by atoms with Crippen LogP contribution in [-0.2, 0) is 0 Å². The molecule has 2 unspecified atom stereocenters. The molecule has 0 aromatic carbocycles. The number of aliphatic hydroxyl groups is 1. The molecule has 1 nitrogen and oxygen atoms in total. The van der Waals surface area contributed by atoms with Crippen LogP contribution >= 0.6 is 0 Å². The van der Waals surface area contributed by atoms with E-state index in [9.17, 15) is 39.5 Å². The summed E-state index contributed by atoms with van der Waals surface area (Å²) < 4.78 is 111. The van der Waals surface area contributed by atoms with Crippen LogP contribution in [0, 0.1) is 0 Å². The summed E-state index contributed by atoms with van der Waals surface area (Å²) in [6.45, 7) is 2.36. The van der Waals surface area contributed by atoms with Crippen molar-refractivity contribution in [2.75, 3.05) is 0 Å². The first-order chi connectivity index (χ1) is 7.84. The van der Waals surface area contributed by atoms with Gasteiger partial charge in [-0.05, 0) is 0 Å². The maximum Gasteiger partial charge on any atom is 0.426 e. The highest BCUT2D eigenvalue weighted by atomic mass is 19.4. The van der Waals surface area contributed by atoms with Gasteiger partial charge in [-0.25, -0.2) is 4.39 Å². The van der Waals surface area contributed by atoms with Crippen LogP contribution < -0.4 is 0 Å². The van der Waals surface area contributed by atoms with Gasteiger partial charge < -0.3 is 5.11 Å². The number of halogens is 9. The van der Waals surface area contributed by atoms with Gasteiger partial charge in [0.1, 0.15) is 0 Å². The molecule has 0 fully saturated rings. The van der Waals surface area contributed by atoms with Crippen LogP contribution in [-0.4, -0.2) is 29.0 Å². The van der Waals surface area contributed by atoms with Crippen molar-refractivity contribution in [3.63, 3.8) is 0 Å². The summed E-state index contributed by atoms with van der Waals surface area (Å²) >= 11 is 0. The first-order valence-electron chi connectivity index (χ1n) is 3.98. The zero-order valence-corrected chi connectivity index (χ0v) is 8.21. The summed E-state index contributed by atoms with van der Waals surface area (Å²) in [7, 11) is 0. The van der Waals surface area contributed by atoms with Crippen molar-refractivity contribution >= 4 is 0 Å². The Hall–Kier alpha value is -1.19. The quantitative estimate of drug-likeness (QED) is 0.620. The van der Waals surface area contributed by atoms with Gasteiger partial charge in [0.15, 0.2) is 6.17 Å². The third-order valence-electron chi connectivity index (χ3n) is 1.96. The summed E-state index contributed by atoms with van der Waals surface area (Å²) in [5.41, 5.74) is -5.69. The first kappa shape index (κ1) is 16.8. The van der Waals surface area contributed by atoms with Crippen molar-refractivity contribution in [3.8, 4) is 0 Å². The lowest BCUT2D eigenvalue weighted by atomic mass is 9.88. The maximum atomic E-state index is 12.9. The van der Waals surface area contributed by atoms with Crippen LogP contribution in [0.4, 0.5) is 39.5 Å².